The van der Waals surface area contributed by atoms with E-state index in [9.17, 15) is 4.79 Å². The highest BCUT2D eigenvalue weighted by molar-refractivity contribution is 7.10. The Morgan fingerprint density at radius 1 is 1.47 bits per heavy atom. The molecule has 0 spiro atoms. The molecule has 1 heterocycles. The van der Waals surface area contributed by atoms with Gasteiger partial charge in [0.1, 0.15) is 0 Å². The fourth-order valence-corrected chi connectivity index (χ4v) is 3.43. The molecule has 4 nitrogen and oxygen atoms in total. The van der Waals surface area contributed by atoms with Gasteiger partial charge in [0.15, 0.2) is 0 Å². The normalized spacial score (nSPS) is 14.7. The second-order valence-corrected chi connectivity index (χ2v) is 6.36. The molecule has 0 bridgehead atoms. The average molecular weight is 283 g/mol. The first-order chi connectivity index (χ1) is 8.82. The highest BCUT2D eigenvalue weighted by atomic mass is 32.1. The highest BCUT2D eigenvalue weighted by Gasteiger charge is 2.25. The quantitative estimate of drug-likeness (QED) is 0.838. The molecular formula is C14H25N3OS. The van der Waals surface area contributed by atoms with Gasteiger partial charge < -0.3 is 11.1 Å². The first-order valence-electron chi connectivity index (χ1n) is 6.62. The topological polar surface area (TPSA) is 58.4 Å². The number of carbonyl (C=O) groups excluding carboxylic acids is 1. The molecule has 1 aromatic rings. The first-order valence-corrected chi connectivity index (χ1v) is 7.50. The number of nitrogens with zero attached hydrogens (tertiary/aromatic N) is 1. The van der Waals surface area contributed by atoms with Gasteiger partial charge in [-0.3, -0.25) is 9.69 Å². The summed E-state index contributed by atoms with van der Waals surface area (Å²) in [6.45, 7) is 8.36. The van der Waals surface area contributed by atoms with Crippen LogP contribution in [0.2, 0.25) is 0 Å². The van der Waals surface area contributed by atoms with Crippen molar-refractivity contribution in [3.63, 3.8) is 0 Å². The Morgan fingerprint density at radius 3 is 2.53 bits per heavy atom. The van der Waals surface area contributed by atoms with Crippen LogP contribution >= 0.6 is 11.3 Å². The lowest BCUT2D eigenvalue weighted by atomic mass is 10.0. The molecule has 0 aliphatic heterocycles. The van der Waals surface area contributed by atoms with Crippen LogP contribution in [-0.2, 0) is 4.79 Å². The lowest BCUT2D eigenvalue weighted by Crippen LogP contribution is -2.44. The van der Waals surface area contributed by atoms with Gasteiger partial charge in [-0.25, -0.2) is 0 Å². The Morgan fingerprint density at radius 2 is 2.11 bits per heavy atom. The molecule has 0 saturated heterocycles. The SMILES string of the molecule is Cc1ccsc1C(C(C)N)N(C)CC(=O)NC(C)C. The molecule has 0 aliphatic rings. The number of carbonyl (C=O) groups is 1. The molecule has 19 heavy (non-hydrogen) atoms. The summed E-state index contributed by atoms with van der Waals surface area (Å²) in [5, 5.41) is 4.98. The monoisotopic (exact) mass is 283 g/mol. The van der Waals surface area contributed by atoms with Gasteiger partial charge in [-0.2, -0.15) is 0 Å². The number of aryl methyl sites for hydroxylation is 1. The smallest absolute Gasteiger partial charge is 0.234 e. The molecule has 0 fully saturated rings. The van der Waals surface area contributed by atoms with E-state index in [1.54, 1.807) is 11.3 Å². The van der Waals surface area contributed by atoms with Crippen molar-refractivity contribution in [3.8, 4) is 0 Å². The highest BCUT2D eigenvalue weighted by Crippen LogP contribution is 2.29. The van der Waals surface area contributed by atoms with E-state index >= 15 is 0 Å². The Kier molecular flexibility index (Phi) is 5.97. The lowest BCUT2D eigenvalue weighted by molar-refractivity contribution is -0.123. The summed E-state index contributed by atoms with van der Waals surface area (Å²) < 4.78 is 0. The summed E-state index contributed by atoms with van der Waals surface area (Å²) in [5.41, 5.74) is 7.35. The summed E-state index contributed by atoms with van der Waals surface area (Å²) >= 11 is 1.70. The van der Waals surface area contributed by atoms with Crippen LogP contribution < -0.4 is 11.1 Å². The van der Waals surface area contributed by atoms with E-state index < -0.39 is 0 Å². The molecule has 2 unspecified atom stereocenters. The van der Waals surface area contributed by atoms with Gasteiger partial charge in [-0.15, -0.1) is 11.3 Å². The summed E-state index contributed by atoms with van der Waals surface area (Å²) in [5.74, 6) is 0.0392. The Labute approximate surface area is 120 Å². The maximum atomic E-state index is 11.9. The number of amides is 1. The van der Waals surface area contributed by atoms with E-state index in [-0.39, 0.29) is 24.0 Å². The van der Waals surface area contributed by atoms with Crippen LogP contribution in [0, 0.1) is 6.92 Å². The number of thiophene rings is 1. The van der Waals surface area contributed by atoms with Gasteiger partial charge in [0.25, 0.3) is 0 Å². The van der Waals surface area contributed by atoms with Crippen LogP contribution in [0.3, 0.4) is 0 Å². The molecule has 0 aliphatic carbocycles. The van der Waals surface area contributed by atoms with Gasteiger partial charge in [0.2, 0.25) is 5.91 Å². The molecule has 1 amide bonds. The molecule has 5 heteroatoms. The van der Waals surface area contributed by atoms with Gasteiger partial charge in [0.05, 0.1) is 12.6 Å². The molecule has 3 N–H and O–H groups in total. The first kappa shape index (κ1) is 16.1. The van der Waals surface area contributed by atoms with E-state index in [1.165, 1.54) is 10.4 Å². The predicted octanol–water partition coefficient (Wildman–Crippen LogP) is 1.90. The molecule has 0 radical (unpaired) electrons. The van der Waals surface area contributed by atoms with Gasteiger partial charge in [0, 0.05) is 17.0 Å². The summed E-state index contributed by atoms with van der Waals surface area (Å²) in [4.78, 5) is 15.1. The van der Waals surface area contributed by atoms with E-state index in [0.29, 0.717) is 6.54 Å². The number of likely N-dealkylation sites (N-methyl/N-ethyl adjacent to an activating group) is 1. The number of hydrogen-bond donors (Lipinski definition) is 2. The van der Waals surface area contributed by atoms with Crippen LogP contribution in [0.15, 0.2) is 11.4 Å². The molecule has 0 aromatic carbocycles. The van der Waals surface area contributed by atoms with E-state index in [4.69, 9.17) is 5.73 Å². The van der Waals surface area contributed by atoms with Crippen molar-refractivity contribution >= 4 is 17.2 Å². The minimum atomic E-state index is -0.0193. The van der Waals surface area contributed by atoms with Crippen molar-refractivity contribution in [2.45, 2.75) is 45.8 Å². The standard InChI is InChI=1S/C14H25N3OS/c1-9(2)16-12(18)8-17(5)13(11(4)15)14-10(3)6-7-19-14/h6-7,9,11,13H,8,15H2,1-5H3,(H,16,18). The minimum Gasteiger partial charge on any atom is -0.353 e. The predicted molar refractivity (Wildman–Crippen MR) is 81.4 cm³/mol. The molecule has 1 aromatic heterocycles. The van der Waals surface area contributed by atoms with Gasteiger partial charge in [-0.05, 0) is 51.8 Å². The molecular weight excluding hydrogens is 258 g/mol. The van der Waals surface area contributed by atoms with Crippen LogP contribution in [0.1, 0.15) is 37.3 Å². The number of nitrogens with two attached hydrogens (primary N) is 1. The lowest BCUT2D eigenvalue weighted by Gasteiger charge is -2.30. The third kappa shape index (κ3) is 4.60. The van der Waals surface area contributed by atoms with Crippen molar-refractivity contribution in [2.75, 3.05) is 13.6 Å². The van der Waals surface area contributed by atoms with Crippen molar-refractivity contribution < 1.29 is 4.79 Å². The molecule has 1 rings (SSSR count). The molecule has 0 saturated carbocycles. The van der Waals surface area contributed by atoms with Crippen molar-refractivity contribution in [1.82, 2.24) is 10.2 Å². The second-order valence-electron chi connectivity index (χ2n) is 5.41. The van der Waals surface area contributed by atoms with Crippen molar-refractivity contribution in [3.05, 3.63) is 21.9 Å². The van der Waals surface area contributed by atoms with Crippen LogP contribution in [0.25, 0.3) is 0 Å². The average Bonchev–Trinajstić information content (AvgIpc) is 2.62. The summed E-state index contributed by atoms with van der Waals surface area (Å²) in [6, 6.07) is 2.32. The van der Waals surface area contributed by atoms with Crippen molar-refractivity contribution in [1.29, 1.82) is 0 Å². The van der Waals surface area contributed by atoms with E-state index in [1.807, 2.05) is 32.7 Å². The number of nitrogens with one attached hydrogen (secondary N) is 1. The van der Waals surface area contributed by atoms with E-state index in [2.05, 4.69) is 23.7 Å². The zero-order valence-corrected chi connectivity index (χ0v) is 13.3. The minimum absolute atomic E-state index is 0.0193. The van der Waals surface area contributed by atoms with Gasteiger partial charge in [-0.1, -0.05) is 0 Å². The number of hydrogen-bond acceptors (Lipinski definition) is 4. The maximum Gasteiger partial charge on any atom is 0.234 e. The van der Waals surface area contributed by atoms with Gasteiger partial charge >= 0.3 is 0 Å². The van der Waals surface area contributed by atoms with Crippen molar-refractivity contribution in [2.24, 2.45) is 5.73 Å². The zero-order chi connectivity index (χ0) is 14.6. The fraction of sp³-hybridized carbons (Fsp3) is 0.643. The van der Waals surface area contributed by atoms with Crippen LogP contribution in [-0.4, -0.2) is 36.5 Å². The van der Waals surface area contributed by atoms with Crippen LogP contribution in [0.5, 0.6) is 0 Å². The summed E-state index contributed by atoms with van der Waals surface area (Å²) in [7, 11) is 1.95. The third-order valence-corrected chi connectivity index (χ3v) is 4.08. The van der Waals surface area contributed by atoms with Crippen LogP contribution in [0.4, 0.5) is 0 Å². The fourth-order valence-electron chi connectivity index (χ4n) is 2.22. The molecule has 2 atom stereocenters. The molecule has 108 valence electrons. The Balaban J connectivity index is 2.78. The Hall–Kier alpha value is -0.910. The zero-order valence-electron chi connectivity index (χ0n) is 12.4. The third-order valence-electron chi connectivity index (χ3n) is 2.99. The summed E-state index contributed by atoms with van der Waals surface area (Å²) in [6.07, 6.45) is 0. The second kappa shape index (κ2) is 7.03. The maximum absolute atomic E-state index is 11.9. The number of rotatable bonds is 6. The van der Waals surface area contributed by atoms with E-state index in [0.717, 1.165) is 0 Å². The largest absolute Gasteiger partial charge is 0.353 e. The Bertz CT molecular complexity index is 415.